The summed E-state index contributed by atoms with van der Waals surface area (Å²) < 4.78 is 13.0. The second kappa shape index (κ2) is 6.83. The largest absolute Gasteiger partial charge is 0.310 e. The van der Waals surface area contributed by atoms with E-state index in [1.165, 1.54) is 18.2 Å². The van der Waals surface area contributed by atoms with Crippen molar-refractivity contribution in [3.8, 4) is 0 Å². The molecule has 0 atom stereocenters. The number of H-pyrrole nitrogens is 1. The molecule has 4 nitrogen and oxygen atoms in total. The summed E-state index contributed by atoms with van der Waals surface area (Å²) in [7, 11) is 0. The van der Waals surface area contributed by atoms with Crippen LogP contribution in [0.2, 0.25) is 5.02 Å². The van der Waals surface area contributed by atoms with E-state index in [1.54, 1.807) is 6.07 Å². The van der Waals surface area contributed by atoms with E-state index in [1.807, 2.05) is 13.8 Å². The zero-order valence-electron chi connectivity index (χ0n) is 11.9. The molecule has 0 saturated carbocycles. The van der Waals surface area contributed by atoms with Gasteiger partial charge in [0.05, 0.1) is 5.69 Å². The monoisotopic (exact) mass is 309 g/mol. The molecule has 2 rings (SSSR count). The van der Waals surface area contributed by atoms with Crippen LogP contribution in [-0.2, 0) is 13.0 Å². The highest BCUT2D eigenvalue weighted by atomic mass is 35.5. The fraction of sp³-hybridized carbons (Fsp3) is 0.333. The first-order valence-electron chi connectivity index (χ1n) is 6.70. The number of nitrogens with zero attached hydrogens (tertiary/aromatic N) is 1. The van der Waals surface area contributed by atoms with Gasteiger partial charge in [-0.25, -0.2) is 9.37 Å². The van der Waals surface area contributed by atoms with Crippen molar-refractivity contribution < 1.29 is 4.39 Å². The molecule has 0 fully saturated rings. The SMILES string of the molecule is CC(C)NCc1cc(=O)[nH]c(Cc2ccc(F)cc2Cl)n1. The standard InChI is InChI=1S/C15H17ClFN3O/c1-9(2)18-8-12-7-15(21)20-14(19-12)5-10-3-4-11(17)6-13(10)16/h3-4,6-7,9,18H,5,8H2,1-2H3,(H,19,20,21). The summed E-state index contributed by atoms with van der Waals surface area (Å²) in [6.45, 7) is 4.56. The highest BCUT2D eigenvalue weighted by molar-refractivity contribution is 6.31. The Balaban J connectivity index is 2.21. The van der Waals surface area contributed by atoms with Crippen molar-refractivity contribution >= 4 is 11.6 Å². The van der Waals surface area contributed by atoms with Crippen LogP contribution in [0.15, 0.2) is 29.1 Å². The van der Waals surface area contributed by atoms with E-state index in [2.05, 4.69) is 15.3 Å². The molecule has 2 N–H and O–H groups in total. The van der Waals surface area contributed by atoms with E-state index in [0.717, 1.165) is 5.56 Å². The molecule has 0 bridgehead atoms. The maximum absolute atomic E-state index is 13.0. The number of hydrogen-bond donors (Lipinski definition) is 2. The molecule has 0 amide bonds. The molecule has 0 radical (unpaired) electrons. The highest BCUT2D eigenvalue weighted by Crippen LogP contribution is 2.19. The van der Waals surface area contributed by atoms with Gasteiger partial charge in [0, 0.05) is 30.1 Å². The van der Waals surface area contributed by atoms with Gasteiger partial charge >= 0.3 is 0 Å². The summed E-state index contributed by atoms with van der Waals surface area (Å²) >= 11 is 5.99. The molecule has 0 saturated heterocycles. The van der Waals surface area contributed by atoms with Crippen LogP contribution in [0.5, 0.6) is 0 Å². The fourth-order valence-corrected chi connectivity index (χ4v) is 2.13. The summed E-state index contributed by atoms with van der Waals surface area (Å²) in [6, 6.07) is 5.95. The van der Waals surface area contributed by atoms with Crippen molar-refractivity contribution in [2.45, 2.75) is 32.9 Å². The molecule has 0 unspecified atom stereocenters. The van der Waals surface area contributed by atoms with Gasteiger partial charge in [0.1, 0.15) is 11.6 Å². The summed E-state index contributed by atoms with van der Waals surface area (Å²) in [6.07, 6.45) is 0.351. The van der Waals surface area contributed by atoms with Gasteiger partial charge < -0.3 is 10.3 Å². The summed E-state index contributed by atoms with van der Waals surface area (Å²) in [5.74, 6) is 0.122. The maximum Gasteiger partial charge on any atom is 0.251 e. The quantitative estimate of drug-likeness (QED) is 0.892. The van der Waals surface area contributed by atoms with E-state index in [4.69, 9.17) is 11.6 Å². The fourth-order valence-electron chi connectivity index (χ4n) is 1.89. The number of hydrogen-bond acceptors (Lipinski definition) is 3. The van der Waals surface area contributed by atoms with Gasteiger partial charge in [-0.05, 0) is 17.7 Å². The topological polar surface area (TPSA) is 57.8 Å². The molecular weight excluding hydrogens is 293 g/mol. The third-order valence-corrected chi connectivity index (χ3v) is 3.26. The Morgan fingerprint density at radius 3 is 2.81 bits per heavy atom. The van der Waals surface area contributed by atoms with Crippen LogP contribution in [-0.4, -0.2) is 16.0 Å². The Labute approximate surface area is 127 Å². The molecule has 0 aliphatic carbocycles. The van der Waals surface area contributed by atoms with Gasteiger partial charge in [-0.3, -0.25) is 4.79 Å². The lowest BCUT2D eigenvalue weighted by Crippen LogP contribution is -2.24. The molecule has 2 aromatic rings. The lowest BCUT2D eigenvalue weighted by Gasteiger charge is -2.09. The predicted octanol–water partition coefficient (Wildman–Crippen LogP) is 2.65. The summed E-state index contributed by atoms with van der Waals surface area (Å²) in [4.78, 5) is 18.7. The van der Waals surface area contributed by atoms with Gasteiger partial charge in [-0.1, -0.05) is 31.5 Å². The minimum absolute atomic E-state index is 0.209. The third-order valence-electron chi connectivity index (χ3n) is 2.91. The minimum Gasteiger partial charge on any atom is -0.310 e. The van der Waals surface area contributed by atoms with E-state index < -0.39 is 0 Å². The smallest absolute Gasteiger partial charge is 0.251 e. The first-order chi connectivity index (χ1) is 9.94. The lowest BCUT2D eigenvalue weighted by molar-refractivity contribution is 0.578. The van der Waals surface area contributed by atoms with E-state index in [9.17, 15) is 9.18 Å². The second-order valence-corrected chi connectivity index (χ2v) is 5.54. The van der Waals surface area contributed by atoms with Crippen molar-refractivity contribution in [1.82, 2.24) is 15.3 Å². The zero-order chi connectivity index (χ0) is 15.4. The maximum atomic E-state index is 13.0. The summed E-state index contributed by atoms with van der Waals surface area (Å²) in [5.41, 5.74) is 1.18. The van der Waals surface area contributed by atoms with Gasteiger partial charge in [0.15, 0.2) is 0 Å². The average molecular weight is 310 g/mol. The molecule has 1 heterocycles. The number of rotatable bonds is 5. The Hall–Kier alpha value is -1.72. The van der Waals surface area contributed by atoms with Gasteiger partial charge in [0.25, 0.3) is 5.56 Å². The second-order valence-electron chi connectivity index (χ2n) is 5.13. The average Bonchev–Trinajstić information content (AvgIpc) is 2.39. The Morgan fingerprint density at radius 2 is 2.14 bits per heavy atom. The molecule has 112 valence electrons. The normalized spacial score (nSPS) is 11.1. The van der Waals surface area contributed by atoms with Gasteiger partial charge in [-0.2, -0.15) is 0 Å². The third kappa shape index (κ3) is 4.65. The Morgan fingerprint density at radius 1 is 1.38 bits per heavy atom. The van der Waals surface area contributed by atoms with Crippen LogP contribution in [0, 0.1) is 5.82 Å². The minimum atomic E-state index is -0.389. The van der Waals surface area contributed by atoms with Crippen molar-refractivity contribution in [1.29, 1.82) is 0 Å². The molecule has 0 aliphatic heterocycles. The van der Waals surface area contributed by atoms with Crippen molar-refractivity contribution in [2.24, 2.45) is 0 Å². The summed E-state index contributed by atoms with van der Waals surface area (Å²) in [5, 5.41) is 3.53. The van der Waals surface area contributed by atoms with Crippen LogP contribution in [0.1, 0.15) is 30.9 Å². The number of aromatic nitrogens is 2. The van der Waals surface area contributed by atoms with Crippen LogP contribution in [0.4, 0.5) is 4.39 Å². The zero-order valence-corrected chi connectivity index (χ0v) is 12.7. The molecule has 1 aromatic carbocycles. The molecule has 1 aromatic heterocycles. The van der Waals surface area contributed by atoms with E-state index >= 15 is 0 Å². The number of aromatic amines is 1. The molecule has 0 aliphatic rings. The molecule has 0 spiro atoms. The van der Waals surface area contributed by atoms with Crippen molar-refractivity contribution in [3.05, 3.63) is 62.5 Å². The lowest BCUT2D eigenvalue weighted by atomic mass is 10.1. The van der Waals surface area contributed by atoms with Gasteiger partial charge in [-0.15, -0.1) is 0 Å². The Bertz CT molecular complexity index is 685. The molecule has 21 heavy (non-hydrogen) atoms. The van der Waals surface area contributed by atoms with E-state index in [0.29, 0.717) is 35.5 Å². The van der Waals surface area contributed by atoms with Crippen molar-refractivity contribution in [2.75, 3.05) is 0 Å². The first kappa shape index (κ1) is 15.7. The Kier molecular flexibility index (Phi) is 5.09. The predicted molar refractivity (Wildman–Crippen MR) is 81.0 cm³/mol. The number of nitrogens with one attached hydrogen (secondary N) is 2. The van der Waals surface area contributed by atoms with Crippen LogP contribution < -0.4 is 10.9 Å². The van der Waals surface area contributed by atoms with Gasteiger partial charge in [0.2, 0.25) is 0 Å². The molecule has 6 heteroatoms. The number of benzene rings is 1. The molecular formula is C15H17ClFN3O. The van der Waals surface area contributed by atoms with Crippen molar-refractivity contribution in [3.63, 3.8) is 0 Å². The van der Waals surface area contributed by atoms with Crippen LogP contribution in [0.3, 0.4) is 0 Å². The van der Waals surface area contributed by atoms with Crippen LogP contribution in [0.25, 0.3) is 0 Å². The first-order valence-corrected chi connectivity index (χ1v) is 7.08. The van der Waals surface area contributed by atoms with Crippen LogP contribution >= 0.6 is 11.6 Å². The van der Waals surface area contributed by atoms with E-state index in [-0.39, 0.29) is 11.4 Å². The highest BCUT2D eigenvalue weighted by Gasteiger charge is 2.07. The number of halogens is 2.